The quantitative estimate of drug-likeness (QED) is 0.577. The molecule has 1 aromatic rings. The second-order valence-electron chi connectivity index (χ2n) is 5.92. The Hall–Kier alpha value is -1.04. The molecular formula is C19H28. The first kappa shape index (κ1) is 14.4. The lowest BCUT2D eigenvalue weighted by atomic mass is 9.78. The predicted molar refractivity (Wildman–Crippen MR) is 84.6 cm³/mol. The Labute approximate surface area is 118 Å². The van der Waals surface area contributed by atoms with Crippen LogP contribution in [-0.4, -0.2) is 0 Å². The van der Waals surface area contributed by atoms with E-state index < -0.39 is 0 Å². The third-order valence-corrected chi connectivity index (χ3v) is 4.49. The van der Waals surface area contributed by atoms with Gasteiger partial charge in [0, 0.05) is 0 Å². The van der Waals surface area contributed by atoms with Gasteiger partial charge in [0.25, 0.3) is 0 Å². The second kappa shape index (κ2) is 7.53. The summed E-state index contributed by atoms with van der Waals surface area (Å²) in [5.74, 6) is 1.65. The third-order valence-electron chi connectivity index (χ3n) is 4.49. The minimum atomic E-state index is 0.807. The Balaban J connectivity index is 1.85. The standard InChI is InChI=1S/C19H28/c1-3-5-6-7-17-10-14-19(15-11-17)18-12-8-16(4-2)9-13-18/h6-9,12-13,17,19H,3-5,10-11,14-15H2,1-2H3/t17-,19-. The fourth-order valence-electron chi connectivity index (χ4n) is 3.13. The van der Waals surface area contributed by atoms with Crippen LogP contribution in [0.3, 0.4) is 0 Å². The molecule has 2 rings (SSSR count). The summed E-state index contributed by atoms with van der Waals surface area (Å²) in [5, 5.41) is 0. The van der Waals surface area contributed by atoms with Crippen LogP contribution in [0.25, 0.3) is 0 Å². The fraction of sp³-hybridized carbons (Fsp3) is 0.579. The molecule has 1 aliphatic carbocycles. The second-order valence-corrected chi connectivity index (χ2v) is 5.92. The van der Waals surface area contributed by atoms with Gasteiger partial charge in [-0.05, 0) is 61.5 Å². The summed E-state index contributed by atoms with van der Waals surface area (Å²) in [6, 6.07) is 9.33. The smallest absolute Gasteiger partial charge is 0.0162 e. The molecule has 1 fully saturated rings. The Morgan fingerprint density at radius 2 is 1.68 bits per heavy atom. The molecule has 0 radical (unpaired) electrons. The highest BCUT2D eigenvalue weighted by atomic mass is 14.3. The number of hydrogen-bond acceptors (Lipinski definition) is 0. The van der Waals surface area contributed by atoms with Gasteiger partial charge in [-0.1, -0.05) is 56.7 Å². The van der Waals surface area contributed by atoms with Crippen molar-refractivity contribution in [1.82, 2.24) is 0 Å². The van der Waals surface area contributed by atoms with Crippen LogP contribution in [0.2, 0.25) is 0 Å². The Morgan fingerprint density at radius 1 is 1.00 bits per heavy atom. The number of aryl methyl sites for hydroxylation is 1. The van der Waals surface area contributed by atoms with Crippen molar-refractivity contribution in [2.24, 2.45) is 5.92 Å². The van der Waals surface area contributed by atoms with Gasteiger partial charge in [0.2, 0.25) is 0 Å². The van der Waals surface area contributed by atoms with Crippen molar-refractivity contribution in [2.75, 3.05) is 0 Å². The van der Waals surface area contributed by atoms with Gasteiger partial charge in [-0.25, -0.2) is 0 Å². The highest BCUT2D eigenvalue weighted by Crippen LogP contribution is 2.36. The number of hydrogen-bond donors (Lipinski definition) is 0. The molecule has 104 valence electrons. The largest absolute Gasteiger partial charge is 0.0883 e. The average Bonchev–Trinajstić information content (AvgIpc) is 2.48. The summed E-state index contributed by atoms with van der Waals surface area (Å²) >= 11 is 0. The molecule has 0 saturated heterocycles. The molecule has 1 saturated carbocycles. The third kappa shape index (κ3) is 4.23. The van der Waals surface area contributed by atoms with Gasteiger partial charge in [0.05, 0.1) is 0 Å². The molecule has 0 N–H and O–H groups in total. The molecule has 0 aliphatic heterocycles. The van der Waals surface area contributed by atoms with Crippen LogP contribution in [0, 0.1) is 5.92 Å². The summed E-state index contributed by atoms with van der Waals surface area (Å²) in [4.78, 5) is 0. The van der Waals surface area contributed by atoms with Gasteiger partial charge in [-0.2, -0.15) is 0 Å². The van der Waals surface area contributed by atoms with Crippen molar-refractivity contribution in [1.29, 1.82) is 0 Å². The molecule has 0 unspecified atom stereocenters. The Morgan fingerprint density at radius 3 is 2.26 bits per heavy atom. The maximum absolute atomic E-state index is 2.47. The van der Waals surface area contributed by atoms with E-state index in [2.05, 4.69) is 50.3 Å². The van der Waals surface area contributed by atoms with E-state index in [0.717, 1.165) is 18.3 Å². The van der Waals surface area contributed by atoms with E-state index in [1.807, 2.05) is 0 Å². The zero-order valence-corrected chi connectivity index (χ0v) is 12.6. The van der Waals surface area contributed by atoms with E-state index in [4.69, 9.17) is 0 Å². The maximum atomic E-state index is 2.47. The minimum Gasteiger partial charge on any atom is -0.0883 e. The van der Waals surface area contributed by atoms with E-state index in [1.54, 1.807) is 5.56 Å². The van der Waals surface area contributed by atoms with E-state index in [9.17, 15) is 0 Å². The lowest BCUT2D eigenvalue weighted by Gasteiger charge is -2.27. The molecule has 0 spiro atoms. The van der Waals surface area contributed by atoms with Gasteiger partial charge >= 0.3 is 0 Å². The van der Waals surface area contributed by atoms with Crippen LogP contribution in [0.1, 0.15) is 69.4 Å². The van der Waals surface area contributed by atoms with Crippen molar-refractivity contribution >= 4 is 0 Å². The van der Waals surface area contributed by atoms with Gasteiger partial charge in [-0.15, -0.1) is 0 Å². The van der Waals surface area contributed by atoms with Crippen LogP contribution in [-0.2, 0) is 6.42 Å². The SMILES string of the molecule is CCCC=C[C@H]1CC[C@H](c2ccc(CC)cc2)CC1. The Kier molecular flexibility index (Phi) is 5.69. The highest BCUT2D eigenvalue weighted by molar-refractivity contribution is 5.25. The van der Waals surface area contributed by atoms with Gasteiger partial charge in [0.1, 0.15) is 0 Å². The van der Waals surface area contributed by atoms with Gasteiger partial charge in [-0.3, -0.25) is 0 Å². The average molecular weight is 256 g/mol. The first-order valence-electron chi connectivity index (χ1n) is 8.09. The molecule has 0 nitrogen and oxygen atoms in total. The van der Waals surface area contributed by atoms with E-state index >= 15 is 0 Å². The van der Waals surface area contributed by atoms with Crippen molar-refractivity contribution in [3.8, 4) is 0 Å². The highest BCUT2D eigenvalue weighted by Gasteiger charge is 2.20. The molecule has 0 atom stereocenters. The number of benzene rings is 1. The minimum absolute atomic E-state index is 0.807. The summed E-state index contributed by atoms with van der Waals surface area (Å²) in [6.07, 6.45) is 14.0. The summed E-state index contributed by atoms with van der Waals surface area (Å²) in [7, 11) is 0. The monoisotopic (exact) mass is 256 g/mol. The van der Waals surface area contributed by atoms with Crippen molar-refractivity contribution in [3.05, 3.63) is 47.5 Å². The van der Waals surface area contributed by atoms with Crippen LogP contribution in [0.4, 0.5) is 0 Å². The molecule has 19 heavy (non-hydrogen) atoms. The normalized spacial score (nSPS) is 23.9. The number of unbranched alkanes of at least 4 members (excludes halogenated alkanes) is 1. The van der Waals surface area contributed by atoms with E-state index in [1.165, 1.54) is 44.1 Å². The lowest BCUT2D eigenvalue weighted by molar-refractivity contribution is 0.375. The van der Waals surface area contributed by atoms with Gasteiger partial charge in [0.15, 0.2) is 0 Å². The molecule has 0 amide bonds. The summed E-state index contributed by atoms with van der Waals surface area (Å²) in [6.45, 7) is 4.48. The lowest BCUT2D eigenvalue weighted by Crippen LogP contribution is -2.11. The molecule has 1 aliphatic rings. The van der Waals surface area contributed by atoms with Crippen molar-refractivity contribution < 1.29 is 0 Å². The van der Waals surface area contributed by atoms with Crippen LogP contribution >= 0.6 is 0 Å². The number of rotatable bonds is 5. The molecule has 0 bridgehead atoms. The molecule has 0 heteroatoms. The summed E-state index contributed by atoms with van der Waals surface area (Å²) < 4.78 is 0. The zero-order valence-electron chi connectivity index (χ0n) is 12.6. The predicted octanol–water partition coefficient (Wildman–Crippen LogP) is 5.88. The van der Waals surface area contributed by atoms with Crippen LogP contribution in [0.15, 0.2) is 36.4 Å². The molecule has 1 aromatic carbocycles. The fourth-order valence-corrected chi connectivity index (χ4v) is 3.13. The molecule has 0 heterocycles. The van der Waals surface area contributed by atoms with Crippen LogP contribution in [0.5, 0.6) is 0 Å². The van der Waals surface area contributed by atoms with Crippen molar-refractivity contribution in [2.45, 2.75) is 64.7 Å². The Bertz CT molecular complexity index is 377. The molecular weight excluding hydrogens is 228 g/mol. The first-order valence-corrected chi connectivity index (χ1v) is 8.09. The summed E-state index contributed by atoms with van der Waals surface area (Å²) in [5.41, 5.74) is 3.02. The molecule has 0 aromatic heterocycles. The zero-order chi connectivity index (χ0) is 13.5. The van der Waals surface area contributed by atoms with E-state index in [-0.39, 0.29) is 0 Å². The maximum Gasteiger partial charge on any atom is -0.0162 e. The van der Waals surface area contributed by atoms with E-state index in [0.29, 0.717) is 0 Å². The van der Waals surface area contributed by atoms with Gasteiger partial charge < -0.3 is 0 Å². The van der Waals surface area contributed by atoms with Crippen LogP contribution < -0.4 is 0 Å². The number of allylic oxidation sites excluding steroid dienone is 2. The topological polar surface area (TPSA) is 0 Å². The van der Waals surface area contributed by atoms with Crippen molar-refractivity contribution in [3.63, 3.8) is 0 Å². The first-order chi connectivity index (χ1) is 9.33.